The normalized spacial score (nSPS) is 19.3. The maximum Gasteiger partial charge on any atom is 0.238 e. The fourth-order valence-corrected chi connectivity index (χ4v) is 5.08. The van der Waals surface area contributed by atoms with Gasteiger partial charge in [-0.1, -0.05) is 44.2 Å². The Labute approximate surface area is 215 Å². The number of piperidine rings is 1. The first-order valence-electron chi connectivity index (χ1n) is 13.4. The molecule has 0 aliphatic carbocycles. The van der Waals surface area contributed by atoms with E-state index in [1.165, 1.54) is 11.3 Å². The zero-order valence-corrected chi connectivity index (χ0v) is 21.8. The summed E-state index contributed by atoms with van der Waals surface area (Å²) < 4.78 is 0. The number of anilines is 2. The van der Waals surface area contributed by atoms with Crippen LogP contribution in [-0.2, 0) is 16.1 Å². The largest absolute Gasteiger partial charge is 0.369 e. The Morgan fingerprint density at radius 1 is 0.917 bits per heavy atom. The Bertz CT molecular complexity index is 971. The third kappa shape index (κ3) is 7.80. The van der Waals surface area contributed by atoms with Crippen LogP contribution in [0.1, 0.15) is 32.3 Å². The minimum Gasteiger partial charge on any atom is -0.369 e. The maximum absolute atomic E-state index is 12.7. The number of nitrogens with one attached hydrogen (secondary N) is 2. The van der Waals surface area contributed by atoms with E-state index in [1.54, 1.807) is 0 Å². The predicted molar refractivity (Wildman–Crippen MR) is 146 cm³/mol. The zero-order valence-electron chi connectivity index (χ0n) is 21.8. The van der Waals surface area contributed by atoms with E-state index in [1.807, 2.05) is 26.0 Å². The van der Waals surface area contributed by atoms with E-state index in [2.05, 4.69) is 67.8 Å². The number of hydrogen-bond acceptors (Lipinski definition) is 5. The van der Waals surface area contributed by atoms with Crippen molar-refractivity contribution in [2.24, 2.45) is 11.8 Å². The van der Waals surface area contributed by atoms with Gasteiger partial charge in [0.1, 0.15) is 0 Å². The Balaban J connectivity index is 1.19. The third-order valence-corrected chi connectivity index (χ3v) is 7.20. The summed E-state index contributed by atoms with van der Waals surface area (Å²) in [5.74, 6) is 0.527. The second kappa shape index (κ2) is 12.9. The monoisotopic (exact) mass is 491 g/mol. The first kappa shape index (κ1) is 26.2. The van der Waals surface area contributed by atoms with E-state index in [-0.39, 0.29) is 17.7 Å². The fraction of sp³-hybridized carbons (Fsp3) is 0.517. The molecule has 2 fully saturated rings. The average Bonchev–Trinajstić information content (AvgIpc) is 2.89. The van der Waals surface area contributed by atoms with Gasteiger partial charge in [-0.2, -0.15) is 0 Å². The lowest BCUT2D eigenvalue weighted by Crippen LogP contribution is -2.45. The molecule has 1 unspecified atom stereocenters. The smallest absolute Gasteiger partial charge is 0.238 e. The highest BCUT2D eigenvalue weighted by atomic mass is 16.2. The molecule has 2 aliphatic heterocycles. The number of benzene rings is 2. The van der Waals surface area contributed by atoms with E-state index in [9.17, 15) is 9.59 Å². The van der Waals surface area contributed by atoms with Gasteiger partial charge in [-0.3, -0.25) is 19.4 Å². The van der Waals surface area contributed by atoms with Crippen LogP contribution in [0.15, 0.2) is 54.6 Å². The van der Waals surface area contributed by atoms with Crippen LogP contribution in [0.5, 0.6) is 0 Å². The lowest BCUT2D eigenvalue weighted by atomic mass is 9.97. The Kier molecular flexibility index (Phi) is 9.36. The van der Waals surface area contributed by atoms with Gasteiger partial charge < -0.3 is 15.5 Å². The van der Waals surface area contributed by atoms with Gasteiger partial charge in [-0.25, -0.2) is 0 Å². The molecule has 2 saturated heterocycles. The molecule has 0 bridgehead atoms. The fourth-order valence-electron chi connectivity index (χ4n) is 5.08. The van der Waals surface area contributed by atoms with Gasteiger partial charge in [-0.15, -0.1) is 0 Å². The number of piperazine rings is 1. The predicted octanol–water partition coefficient (Wildman–Crippen LogP) is 3.43. The molecular formula is C29H41N5O2. The molecule has 0 aromatic heterocycles. The third-order valence-electron chi connectivity index (χ3n) is 7.20. The van der Waals surface area contributed by atoms with Crippen molar-refractivity contribution in [1.82, 2.24) is 15.1 Å². The first-order valence-corrected chi connectivity index (χ1v) is 13.4. The van der Waals surface area contributed by atoms with Gasteiger partial charge in [-0.05, 0) is 55.1 Å². The summed E-state index contributed by atoms with van der Waals surface area (Å²) in [4.78, 5) is 31.7. The Morgan fingerprint density at radius 3 is 2.33 bits per heavy atom. The number of rotatable bonds is 9. The summed E-state index contributed by atoms with van der Waals surface area (Å²) in [6.07, 6.45) is 2.15. The summed E-state index contributed by atoms with van der Waals surface area (Å²) in [7, 11) is 0. The SMILES string of the molecule is CC(C)C(=O)NCC1CCCN(CC(=O)Nc2ccc(N3CCN(Cc4ccccc4)CC3)cc2)C1. The first-order chi connectivity index (χ1) is 17.5. The van der Waals surface area contributed by atoms with Gasteiger partial charge in [0.15, 0.2) is 0 Å². The summed E-state index contributed by atoms with van der Waals surface area (Å²) >= 11 is 0. The average molecular weight is 492 g/mol. The number of carbonyl (C=O) groups excluding carboxylic acids is 2. The van der Waals surface area contributed by atoms with Crippen LogP contribution in [0.2, 0.25) is 0 Å². The van der Waals surface area contributed by atoms with Crippen LogP contribution >= 0.6 is 0 Å². The number of carbonyl (C=O) groups is 2. The molecule has 0 saturated carbocycles. The molecule has 2 aliphatic rings. The van der Waals surface area contributed by atoms with Crippen molar-refractivity contribution in [2.45, 2.75) is 33.2 Å². The molecule has 2 N–H and O–H groups in total. The summed E-state index contributed by atoms with van der Waals surface area (Å²) in [5, 5.41) is 6.09. The summed E-state index contributed by atoms with van der Waals surface area (Å²) in [6, 6.07) is 18.9. The number of hydrogen-bond donors (Lipinski definition) is 2. The van der Waals surface area contributed by atoms with Crippen LogP contribution in [0.3, 0.4) is 0 Å². The summed E-state index contributed by atoms with van der Waals surface area (Å²) in [6.45, 7) is 11.8. The molecule has 1 atom stereocenters. The van der Waals surface area contributed by atoms with Crippen molar-refractivity contribution < 1.29 is 9.59 Å². The standard InChI is InChI=1S/C29H41N5O2/c1-23(2)29(36)30-19-25-9-6-14-33(21-25)22-28(35)31-26-10-12-27(13-11-26)34-17-15-32(16-18-34)20-24-7-4-3-5-8-24/h3-5,7-8,10-13,23,25H,6,9,14-22H2,1-2H3,(H,30,36)(H,31,35). The van der Waals surface area contributed by atoms with Crippen molar-refractivity contribution in [2.75, 3.05) is 62.6 Å². The molecule has 0 spiro atoms. The molecule has 7 nitrogen and oxygen atoms in total. The Hall–Kier alpha value is -2.90. The highest BCUT2D eigenvalue weighted by Gasteiger charge is 2.23. The van der Waals surface area contributed by atoms with Gasteiger partial charge in [0.05, 0.1) is 6.54 Å². The van der Waals surface area contributed by atoms with E-state index < -0.39 is 0 Å². The number of amides is 2. The lowest BCUT2D eigenvalue weighted by molar-refractivity contribution is -0.124. The van der Waals surface area contributed by atoms with E-state index in [4.69, 9.17) is 0 Å². The van der Waals surface area contributed by atoms with Gasteiger partial charge >= 0.3 is 0 Å². The molecule has 194 valence electrons. The van der Waals surface area contributed by atoms with Crippen molar-refractivity contribution in [3.05, 3.63) is 60.2 Å². The topological polar surface area (TPSA) is 67.9 Å². The van der Waals surface area contributed by atoms with Gasteiger partial charge in [0.25, 0.3) is 0 Å². The highest BCUT2D eigenvalue weighted by Crippen LogP contribution is 2.21. The van der Waals surface area contributed by atoms with Crippen LogP contribution in [-0.4, -0.2) is 74.0 Å². The molecule has 36 heavy (non-hydrogen) atoms. The maximum atomic E-state index is 12.7. The van der Waals surface area contributed by atoms with Crippen molar-refractivity contribution in [3.63, 3.8) is 0 Å². The number of likely N-dealkylation sites (tertiary alicyclic amines) is 1. The zero-order chi connectivity index (χ0) is 25.3. The number of nitrogens with zero attached hydrogens (tertiary/aromatic N) is 3. The van der Waals surface area contributed by atoms with Crippen LogP contribution in [0.25, 0.3) is 0 Å². The van der Waals surface area contributed by atoms with E-state index >= 15 is 0 Å². The van der Waals surface area contributed by atoms with Gasteiger partial charge in [0.2, 0.25) is 11.8 Å². The van der Waals surface area contributed by atoms with Crippen molar-refractivity contribution >= 4 is 23.2 Å². The van der Waals surface area contributed by atoms with Crippen LogP contribution in [0, 0.1) is 11.8 Å². The molecule has 2 aromatic carbocycles. The molecule has 4 rings (SSSR count). The minimum absolute atomic E-state index is 0.00565. The molecule has 2 aromatic rings. The Morgan fingerprint density at radius 2 is 1.64 bits per heavy atom. The molecule has 0 radical (unpaired) electrons. The second-order valence-electron chi connectivity index (χ2n) is 10.5. The quantitative estimate of drug-likeness (QED) is 0.563. The van der Waals surface area contributed by atoms with Gasteiger partial charge in [0, 0.05) is 63.1 Å². The second-order valence-corrected chi connectivity index (χ2v) is 10.5. The highest BCUT2D eigenvalue weighted by molar-refractivity contribution is 5.92. The van der Waals surface area contributed by atoms with Crippen LogP contribution in [0.4, 0.5) is 11.4 Å². The molecule has 2 heterocycles. The molecular weight excluding hydrogens is 450 g/mol. The van der Waals surface area contributed by atoms with E-state index in [0.29, 0.717) is 19.0 Å². The van der Waals surface area contributed by atoms with Crippen molar-refractivity contribution in [3.8, 4) is 0 Å². The van der Waals surface area contributed by atoms with E-state index in [0.717, 1.165) is 64.3 Å². The molecule has 2 amide bonds. The lowest BCUT2D eigenvalue weighted by Gasteiger charge is -2.36. The van der Waals surface area contributed by atoms with Crippen molar-refractivity contribution in [1.29, 1.82) is 0 Å². The minimum atomic E-state index is 0.00565. The summed E-state index contributed by atoms with van der Waals surface area (Å²) in [5.41, 5.74) is 3.41. The van der Waals surface area contributed by atoms with Crippen LogP contribution < -0.4 is 15.5 Å². The molecule has 7 heteroatoms.